The highest BCUT2D eigenvalue weighted by molar-refractivity contribution is 5.93. The number of carboxylic acids is 1. The molecule has 0 saturated carbocycles. The van der Waals surface area contributed by atoms with Crippen LogP contribution in [0.3, 0.4) is 0 Å². The zero-order valence-electron chi connectivity index (χ0n) is 9.51. The Morgan fingerprint density at radius 1 is 1.47 bits per heavy atom. The van der Waals surface area contributed by atoms with E-state index in [1.165, 1.54) is 6.07 Å². The van der Waals surface area contributed by atoms with E-state index in [0.717, 1.165) is 5.69 Å². The van der Waals surface area contributed by atoms with Crippen LogP contribution >= 0.6 is 0 Å². The van der Waals surface area contributed by atoms with Gasteiger partial charge in [-0.2, -0.15) is 5.10 Å². The number of aromatic nitrogens is 3. The molecule has 0 amide bonds. The van der Waals surface area contributed by atoms with Gasteiger partial charge in [0.05, 0.1) is 11.9 Å². The second kappa shape index (κ2) is 4.25. The fourth-order valence-corrected chi connectivity index (χ4v) is 1.45. The van der Waals surface area contributed by atoms with Crippen molar-refractivity contribution in [3.8, 4) is 0 Å². The predicted molar refractivity (Wildman–Crippen MR) is 62.4 cm³/mol. The molecule has 0 aliphatic rings. The van der Waals surface area contributed by atoms with Gasteiger partial charge in [0.1, 0.15) is 11.4 Å². The number of hydrogen-bond acceptors (Lipinski definition) is 4. The minimum atomic E-state index is -1.01. The van der Waals surface area contributed by atoms with Crippen molar-refractivity contribution in [1.82, 2.24) is 14.8 Å². The van der Waals surface area contributed by atoms with Gasteiger partial charge >= 0.3 is 5.97 Å². The molecule has 0 fully saturated rings. The number of carboxylic acid groups (broad SMARTS) is 1. The molecule has 0 saturated heterocycles. The van der Waals surface area contributed by atoms with Crippen LogP contribution in [0, 0.1) is 6.92 Å². The summed E-state index contributed by atoms with van der Waals surface area (Å²) in [5, 5.41) is 16.0. The second-order valence-electron chi connectivity index (χ2n) is 3.68. The van der Waals surface area contributed by atoms with Gasteiger partial charge in [-0.1, -0.05) is 0 Å². The van der Waals surface area contributed by atoms with E-state index in [1.54, 1.807) is 37.1 Å². The summed E-state index contributed by atoms with van der Waals surface area (Å²) in [6.07, 6.45) is 3.35. The van der Waals surface area contributed by atoms with Crippen molar-refractivity contribution in [1.29, 1.82) is 0 Å². The molecule has 6 nitrogen and oxygen atoms in total. The Morgan fingerprint density at radius 2 is 2.24 bits per heavy atom. The van der Waals surface area contributed by atoms with Crippen LogP contribution in [-0.2, 0) is 7.05 Å². The summed E-state index contributed by atoms with van der Waals surface area (Å²) in [6, 6.07) is 3.20. The van der Waals surface area contributed by atoms with Crippen molar-refractivity contribution in [2.75, 3.05) is 5.32 Å². The lowest BCUT2D eigenvalue weighted by molar-refractivity contribution is 0.0697. The maximum absolute atomic E-state index is 11.0. The first-order chi connectivity index (χ1) is 8.06. The molecule has 2 rings (SSSR count). The average molecular weight is 232 g/mol. The zero-order chi connectivity index (χ0) is 12.4. The van der Waals surface area contributed by atoms with E-state index in [2.05, 4.69) is 15.4 Å². The molecule has 0 atom stereocenters. The first-order valence-electron chi connectivity index (χ1n) is 5.03. The Balaban J connectivity index is 2.37. The molecule has 0 radical (unpaired) electrons. The van der Waals surface area contributed by atoms with Gasteiger partial charge in [-0.15, -0.1) is 0 Å². The Morgan fingerprint density at radius 3 is 2.82 bits per heavy atom. The third-order valence-electron chi connectivity index (χ3n) is 2.23. The third-order valence-corrected chi connectivity index (χ3v) is 2.23. The molecular formula is C11H12N4O2. The van der Waals surface area contributed by atoms with Crippen LogP contribution in [0.4, 0.5) is 11.5 Å². The minimum Gasteiger partial charge on any atom is -0.478 e. The number of nitrogens with one attached hydrogen (secondary N) is 1. The minimum absolute atomic E-state index is 0.138. The molecule has 88 valence electrons. The van der Waals surface area contributed by atoms with Crippen molar-refractivity contribution in [3.63, 3.8) is 0 Å². The molecule has 0 spiro atoms. The van der Waals surface area contributed by atoms with Gasteiger partial charge in [0.25, 0.3) is 0 Å². The van der Waals surface area contributed by atoms with Gasteiger partial charge in [-0.25, -0.2) is 9.78 Å². The molecule has 0 aromatic carbocycles. The summed E-state index contributed by atoms with van der Waals surface area (Å²) in [5.41, 5.74) is 1.59. The molecule has 0 aliphatic heterocycles. The normalized spacial score (nSPS) is 10.2. The topological polar surface area (TPSA) is 80.0 Å². The van der Waals surface area contributed by atoms with E-state index < -0.39 is 5.97 Å². The number of carbonyl (C=O) groups is 1. The maximum Gasteiger partial charge on any atom is 0.339 e. The lowest BCUT2D eigenvalue weighted by Crippen LogP contribution is -2.05. The van der Waals surface area contributed by atoms with E-state index in [1.807, 2.05) is 0 Å². The van der Waals surface area contributed by atoms with Crippen molar-refractivity contribution in [3.05, 3.63) is 35.8 Å². The molecule has 0 unspecified atom stereocenters. The summed E-state index contributed by atoms with van der Waals surface area (Å²) in [4.78, 5) is 15.2. The highest BCUT2D eigenvalue weighted by atomic mass is 16.4. The fourth-order valence-electron chi connectivity index (χ4n) is 1.45. The highest BCUT2D eigenvalue weighted by Crippen LogP contribution is 2.18. The fraction of sp³-hybridized carbons (Fsp3) is 0.182. The Hall–Kier alpha value is -2.37. The largest absolute Gasteiger partial charge is 0.478 e. The summed E-state index contributed by atoms with van der Waals surface area (Å²) >= 11 is 0. The van der Waals surface area contributed by atoms with E-state index in [0.29, 0.717) is 11.5 Å². The van der Waals surface area contributed by atoms with Crippen LogP contribution in [0.5, 0.6) is 0 Å². The molecule has 0 bridgehead atoms. The predicted octanol–water partition coefficient (Wildman–Crippen LogP) is 1.57. The first kappa shape index (κ1) is 11.1. The number of aryl methyl sites for hydroxylation is 2. The summed E-state index contributed by atoms with van der Waals surface area (Å²) in [7, 11) is 1.78. The summed E-state index contributed by atoms with van der Waals surface area (Å²) < 4.78 is 1.62. The van der Waals surface area contributed by atoms with E-state index in [4.69, 9.17) is 5.11 Å². The van der Waals surface area contributed by atoms with Crippen LogP contribution in [0.15, 0.2) is 24.5 Å². The summed E-state index contributed by atoms with van der Waals surface area (Å²) in [6.45, 7) is 1.81. The van der Waals surface area contributed by atoms with Gasteiger partial charge in [0, 0.05) is 18.9 Å². The van der Waals surface area contributed by atoms with E-state index >= 15 is 0 Å². The number of anilines is 2. The van der Waals surface area contributed by atoms with Gasteiger partial charge in [0.2, 0.25) is 0 Å². The van der Waals surface area contributed by atoms with Gasteiger partial charge in [-0.05, 0) is 19.1 Å². The quantitative estimate of drug-likeness (QED) is 0.839. The standard InChI is InChI=1S/C11H12N4O2/c1-7-3-4-9(11(16)17)10(13-7)14-8-5-12-15(2)6-8/h3-6H,1-2H3,(H,13,14)(H,16,17). The van der Waals surface area contributed by atoms with Crippen molar-refractivity contribution < 1.29 is 9.90 Å². The molecule has 6 heteroatoms. The molecule has 2 heterocycles. The second-order valence-corrected chi connectivity index (χ2v) is 3.68. The molecule has 2 N–H and O–H groups in total. The lowest BCUT2D eigenvalue weighted by atomic mass is 10.2. The van der Waals surface area contributed by atoms with Crippen LogP contribution in [-0.4, -0.2) is 25.8 Å². The maximum atomic E-state index is 11.0. The molecule has 2 aromatic heterocycles. The number of pyridine rings is 1. The molecule has 17 heavy (non-hydrogen) atoms. The Labute approximate surface area is 97.9 Å². The third kappa shape index (κ3) is 2.41. The van der Waals surface area contributed by atoms with E-state index in [-0.39, 0.29) is 5.56 Å². The Bertz CT molecular complexity index is 562. The SMILES string of the molecule is Cc1ccc(C(=O)O)c(Nc2cnn(C)c2)n1. The monoisotopic (exact) mass is 232 g/mol. The van der Waals surface area contributed by atoms with Crippen molar-refractivity contribution in [2.45, 2.75) is 6.92 Å². The smallest absolute Gasteiger partial charge is 0.339 e. The molecule has 0 aliphatic carbocycles. The van der Waals surface area contributed by atoms with Crippen LogP contribution in [0.25, 0.3) is 0 Å². The number of aromatic carboxylic acids is 1. The van der Waals surface area contributed by atoms with Gasteiger partial charge in [-0.3, -0.25) is 4.68 Å². The summed E-state index contributed by atoms with van der Waals surface area (Å²) in [5.74, 6) is -0.686. The van der Waals surface area contributed by atoms with Gasteiger partial charge in [0.15, 0.2) is 0 Å². The lowest BCUT2D eigenvalue weighted by Gasteiger charge is -2.07. The Kier molecular flexibility index (Phi) is 2.78. The first-order valence-corrected chi connectivity index (χ1v) is 5.03. The zero-order valence-corrected chi connectivity index (χ0v) is 9.51. The van der Waals surface area contributed by atoms with E-state index in [9.17, 15) is 4.79 Å². The molecule has 2 aromatic rings. The van der Waals surface area contributed by atoms with Gasteiger partial charge < -0.3 is 10.4 Å². The number of hydrogen-bond donors (Lipinski definition) is 2. The molecular weight excluding hydrogens is 220 g/mol. The number of nitrogens with zero attached hydrogens (tertiary/aromatic N) is 3. The van der Waals surface area contributed by atoms with Crippen molar-refractivity contribution >= 4 is 17.5 Å². The van der Waals surface area contributed by atoms with Crippen LogP contribution in [0.2, 0.25) is 0 Å². The van der Waals surface area contributed by atoms with Crippen molar-refractivity contribution in [2.24, 2.45) is 7.05 Å². The number of rotatable bonds is 3. The van der Waals surface area contributed by atoms with Crippen LogP contribution in [0.1, 0.15) is 16.1 Å². The average Bonchev–Trinajstić information content (AvgIpc) is 2.63. The highest BCUT2D eigenvalue weighted by Gasteiger charge is 2.12. The van der Waals surface area contributed by atoms with Crippen LogP contribution < -0.4 is 5.32 Å².